The molecule has 0 bridgehead atoms. The molecule has 0 fully saturated rings. The van der Waals surface area contributed by atoms with Gasteiger partial charge in [0.25, 0.3) is 0 Å². The van der Waals surface area contributed by atoms with E-state index in [0.29, 0.717) is 64.7 Å². The van der Waals surface area contributed by atoms with Crippen molar-refractivity contribution in [2.45, 2.75) is 70.6 Å². The average molecular weight is 1430 g/mol. The summed E-state index contributed by atoms with van der Waals surface area (Å²) in [7, 11) is 0. The van der Waals surface area contributed by atoms with Crippen LogP contribution >= 0.6 is 0 Å². The highest BCUT2D eigenvalue weighted by Crippen LogP contribution is 2.55. The summed E-state index contributed by atoms with van der Waals surface area (Å²) in [5, 5.41) is 10.7. The lowest BCUT2D eigenvalue weighted by atomic mass is 9.57. The van der Waals surface area contributed by atoms with Crippen molar-refractivity contribution in [1.82, 2.24) is 29.9 Å². The summed E-state index contributed by atoms with van der Waals surface area (Å²) in [5.74, 6) is -0.0551. The third-order valence-corrected chi connectivity index (χ3v) is 16.3. The van der Waals surface area contributed by atoms with Crippen molar-refractivity contribution in [2.75, 3.05) is 0 Å². The first-order chi connectivity index (χ1) is 107. The highest BCUT2D eigenvalue weighted by molar-refractivity contribution is 6.00. The topological polar surface area (TPSA) is 123 Å². The Kier molecular flexibility index (Phi) is 3.53. The number of Topliss-reactive ketones (excluding diaryl/α,β-unsaturated/α-hetero) is 1. The summed E-state index contributed by atoms with van der Waals surface area (Å²) in [6, 6.07) is 40.9. The quantitative estimate of drug-likeness (QED) is 0.163. The van der Waals surface area contributed by atoms with Crippen LogP contribution in [0.2, 0.25) is 0 Å². The Hall–Kier alpha value is -8.87. The number of aliphatic hydroxyl groups excluding tert-OH is 1. The van der Waals surface area contributed by atoms with Crippen molar-refractivity contribution in [3.63, 3.8) is 0 Å². The maximum atomic E-state index is 15.1. The fourth-order valence-electron chi connectivity index (χ4n) is 12.4. The fourth-order valence-corrected chi connectivity index (χ4v) is 12.4. The van der Waals surface area contributed by atoms with Gasteiger partial charge in [-0.15, -0.1) is 0 Å². The molecule has 4 aromatic heterocycles. The number of aromatic nitrogens is 6. The number of aliphatic hydroxyl groups is 1. The van der Waals surface area contributed by atoms with Gasteiger partial charge in [0, 0.05) is 289 Å². The van der Waals surface area contributed by atoms with Gasteiger partial charge in [-0.1, -0.05) is 119 Å². The molecule has 0 spiro atoms. The number of nitrogens with zero attached hydrogens (tertiary/aromatic N) is 8. The van der Waals surface area contributed by atoms with Gasteiger partial charge in [0.15, 0.2) is 17.4 Å². The van der Waals surface area contributed by atoms with E-state index in [-0.39, 0.29) is 54.0 Å². The maximum absolute atomic E-state index is 15.1. The summed E-state index contributed by atoms with van der Waals surface area (Å²) in [6.07, 6.45) is 8.52. The van der Waals surface area contributed by atoms with Crippen LogP contribution in [0.15, 0.2) is 169 Å². The number of allylic oxidation sites excluding steroid dienone is 4. The van der Waals surface area contributed by atoms with Gasteiger partial charge >= 0.3 is 0 Å². The zero-order valence-corrected chi connectivity index (χ0v) is 42.5. The molecule has 0 unspecified atom stereocenters. The van der Waals surface area contributed by atoms with Crippen LogP contribution in [0.5, 0.6) is 0 Å². The standard InChI is InChI=1S/C32H27FN4O.C32H25FN4O.71H2/c2*1-19-24-15-14-23-28(22-11-7-8-12-25(22)33)36-31(37-30(23)32(24,2)17-27(34-3)29(19)38)21-13-16-26(35-18-21)20-9-5-4-6-10-20;;;;;;;;;;;;;;;;;;;;;;;;;;;;;;;;;;;;;;;;;;;;;;;;;;;;;;;;;;;;;;;;;;;;;;;/h4-13,16,18-19,24,38H,14-15,17H2,1-2H3;4-13,16-19,24H,14-15H2,1-2H3;71*1H/t2*19-,24-,32-;;;;;;;;;;;;;;;;;;;;;;;;;;;;;;;;;;;;;;;;;;;;;;;;;;;;;;;;;;;;;;;;;;;;;;;/m11......................................................................./s1/i;;70*1+2T;1+2. The van der Waals surface area contributed by atoms with E-state index >= 15 is 8.78 Å². The Morgan fingerprint density at radius 1 is 0.605 bits per heavy atom. The van der Waals surface area contributed by atoms with Gasteiger partial charge in [0.2, 0.25) is 11.4 Å². The molecule has 0 amide bonds. The first-order valence-electron chi connectivity index (χ1n) is 95.6. The first-order valence-corrected chi connectivity index (χ1v) is 25.6. The normalized spacial score (nSPS) is 29.6. The lowest BCUT2D eigenvalue weighted by molar-refractivity contribution is -0.121. The highest BCUT2D eigenvalue weighted by atomic mass is 19.1. The summed E-state index contributed by atoms with van der Waals surface area (Å²) in [5.41, 5.74) is 9.90. The molecule has 76 heavy (non-hydrogen) atoms. The molecule has 0 saturated heterocycles. The number of carbonyl (C=O) groups excluding carboxylic acids is 1. The minimum Gasteiger partial charge on any atom is -0.523 e. The predicted octanol–water partition coefficient (Wildman–Crippen LogP) is 31.9. The van der Waals surface area contributed by atoms with Gasteiger partial charge < -0.3 is 9.90 Å². The number of halogens is 2. The summed E-state index contributed by atoms with van der Waals surface area (Å²) >= 11 is 0. The van der Waals surface area contributed by atoms with Crippen LogP contribution < -0.4 is 0 Å². The second kappa shape index (κ2) is 19.8. The number of benzene rings is 4. The van der Waals surface area contributed by atoms with Gasteiger partial charge in [-0.3, -0.25) is 9.97 Å². The zero-order chi connectivity index (χ0) is 193. The largest absolute Gasteiger partial charge is 0.523 e. The summed E-state index contributed by atoms with van der Waals surface area (Å²) in [4.78, 5) is 49.4. The molecule has 4 aromatic carbocycles. The van der Waals surface area contributed by atoms with E-state index in [9.17, 15) is 9.90 Å². The molecule has 12 rings (SSSR count). The lowest BCUT2D eigenvalue weighted by Gasteiger charge is -2.48. The smallest absolute Gasteiger partial charge is 0.226 e. The molecular formula is C64H194F2N8O2. The van der Waals surface area contributed by atoms with Crippen molar-refractivity contribution < 1.29 is 228 Å². The van der Waals surface area contributed by atoms with Crippen LogP contribution in [0, 0.1) is 48.5 Å². The number of fused-ring (bicyclic) bond motifs is 6. The van der Waals surface area contributed by atoms with Crippen molar-refractivity contribution in [3.8, 4) is 67.8 Å². The number of hydrogen-bond acceptors (Lipinski definition) is 8. The van der Waals surface area contributed by atoms with Crippen LogP contribution in [0.25, 0.3) is 77.5 Å². The number of ketones is 1. The molecular weight excluding hydrogens is 951 g/mol. The van der Waals surface area contributed by atoms with Crippen LogP contribution in [-0.4, -0.2) is 40.8 Å². The minimum absolute atomic E-state index is 0. The van der Waals surface area contributed by atoms with Gasteiger partial charge in [-0.05, 0) is 92.5 Å². The second-order valence-electron chi connectivity index (χ2n) is 20.7. The lowest BCUT2D eigenvalue weighted by Crippen LogP contribution is -2.46. The third-order valence-electron chi connectivity index (χ3n) is 16.3. The average Bonchev–Trinajstić information content (AvgIpc) is 0.719. The van der Waals surface area contributed by atoms with E-state index in [1.807, 2.05) is 112 Å². The first kappa shape index (κ1) is 13.6. The van der Waals surface area contributed by atoms with E-state index in [2.05, 4.69) is 26.6 Å². The Morgan fingerprint density at radius 3 is 1.58 bits per heavy atom. The Labute approximate surface area is 658 Å². The number of rotatable bonds is 6. The van der Waals surface area contributed by atoms with Crippen molar-refractivity contribution in [2.24, 2.45) is 23.7 Å². The van der Waals surface area contributed by atoms with Crippen molar-refractivity contribution in [3.05, 3.63) is 226 Å². The molecule has 4 aliphatic carbocycles. The predicted molar refractivity (Wildman–Crippen MR) is 439 cm³/mol. The molecule has 1 N–H and O–H groups in total. The van der Waals surface area contributed by atoms with E-state index in [1.54, 1.807) is 48.8 Å². The molecule has 516 valence electrons. The monoisotopic (exact) mass is 1430 g/mol. The van der Waals surface area contributed by atoms with E-state index in [1.165, 1.54) is 12.1 Å². The molecule has 12 heteroatoms. The van der Waals surface area contributed by atoms with E-state index in [4.69, 9.17) is 241 Å². The fraction of sp³-hybridized carbons (Fsp3) is 0.234. The Balaban J connectivity index is -0.0000000213. The molecule has 8 aromatic rings. The molecule has 10 nitrogen and oxygen atoms in total. The maximum Gasteiger partial charge on any atom is 0.226 e. The second-order valence-corrected chi connectivity index (χ2v) is 20.7. The van der Waals surface area contributed by atoms with Gasteiger partial charge in [-0.25, -0.2) is 38.4 Å². The number of carbonyl (C=O) groups is 1. The SMILES string of the molecule is [3HH].[3H][3H].[3H][3H].[3H][3H].[3H][3H].[3H][3H].[3H][3H].[3H][3H].[3H][3H].[3H][3H].[3H][3H].[3H][3H].[3H][3H].[3H][3H].[3H][3H].[3H][3H].[3H][3H].[3H][3H].[3H][3H].[3H][3H].[3H][3H].[3H][3H].[3H][3H].[3H][3H].[3H][3H].[3H][3H].[3H][3H].[3H][3H].[3H][3H].[3H][3H].[3H][3H].[3H][3H].[3H][3H].[3H][3H].[3H][3H].[3H][3H].[3H][3H].[3H][3H].[3H][3H].[3H][3H].[3H][3H].[3H][3H].[3H][3H].[3H][3H].[3H][3H].[3H][3H].[3H][3H].[3H][3H].[3H][3H].[3H][3H].[3H][3H].[3H][3H].[3H][3H].[3H][3H].[3H][3H].[3H][3H].[3H][3H].[3H][3H].[3H][3H].[3H][3H].[3H][3H].[3H][3H].[3H][3H].[3H][3H].[3H][3H].[3H][3H].[3H][3H].[3H][3H].[3H][3H].[3H][3H].[3H][3H].[C-]#[N+]C1=C(O)[C@H](C)[C@H]2CCc3c(-c4ccccc4F)nc(-c4ccc(-c5ccccc5)nc4)nc3[C@]2(C)C1.[C-]#[N+]C1=C[C@@]2(C)c3nc(-c4ccc(-c5ccccc5)nc4)nc(-c4ccccc4F)c3CC[C@@H]2[C@@H](C)C1=O. The van der Waals surface area contributed by atoms with Gasteiger partial charge in [0.05, 0.1) is 53.1 Å². The molecule has 0 saturated carbocycles. The van der Waals surface area contributed by atoms with E-state index < -0.39 is 10.8 Å². The zero-order valence-electron chi connectivity index (χ0n) is 182. The van der Waals surface area contributed by atoms with Crippen LogP contribution in [-0.2, 0) is 28.5 Å². The van der Waals surface area contributed by atoms with Crippen LogP contribution in [0.1, 0.15) is 279 Å². The number of hydrogen-bond donors (Lipinski definition) is 1. The number of pyridine rings is 2. The molecule has 4 aliphatic rings. The minimum atomic E-state index is -0.657. The third kappa shape index (κ3) is 8.54. The molecule has 4 heterocycles. The van der Waals surface area contributed by atoms with E-state index in [0.717, 1.165) is 63.4 Å². The van der Waals surface area contributed by atoms with Crippen molar-refractivity contribution >= 4 is 5.78 Å². The molecule has 6 atom stereocenters. The summed E-state index contributed by atoms with van der Waals surface area (Å²) < 4.78 is 730. The van der Waals surface area contributed by atoms with Crippen molar-refractivity contribution in [1.29, 1.82) is 0 Å². The Morgan fingerprint density at radius 2 is 1.09 bits per heavy atom. The van der Waals surface area contributed by atoms with Crippen LogP contribution in [0.4, 0.5) is 8.78 Å². The molecule has 0 radical (unpaired) electrons. The summed E-state index contributed by atoms with van der Waals surface area (Å²) in [6.45, 7) is 23.4. The van der Waals surface area contributed by atoms with Gasteiger partial charge in [-0.2, -0.15) is 0 Å². The van der Waals surface area contributed by atoms with Gasteiger partial charge in [0.1, 0.15) is 11.6 Å². The Bertz CT molecular complexity index is 3940. The molecule has 0 aliphatic heterocycles. The van der Waals surface area contributed by atoms with Crippen LogP contribution in [0.3, 0.4) is 0 Å². The highest BCUT2D eigenvalue weighted by Gasteiger charge is 2.51.